The molecule has 168 valence electrons. The number of carbonyl (C=O) groups excluding carboxylic acids is 1. The maximum atomic E-state index is 13.2. The van der Waals surface area contributed by atoms with E-state index in [0.717, 1.165) is 17.0 Å². The number of aryl methyl sites for hydroxylation is 2. The lowest BCUT2D eigenvalue weighted by Crippen LogP contribution is -2.50. The van der Waals surface area contributed by atoms with E-state index in [1.165, 1.54) is 27.4 Å². The normalized spacial score (nSPS) is 15.1. The molecule has 4 rings (SSSR count). The highest BCUT2D eigenvalue weighted by molar-refractivity contribution is 7.98. The standard InChI is InChI=1S/C22H24N4O3S3/c1-16-14-17(2)24-22(23-16)31-15-18-6-3-4-7-19(18)21(27)25-9-11-26(12-10-25)32(28,29)20-8-5-13-30-20/h3-8,13-14H,9-12,15H2,1-2H3. The third-order valence-corrected chi connectivity index (χ3v) is 9.35. The highest BCUT2D eigenvalue weighted by Gasteiger charge is 2.31. The lowest BCUT2D eigenvalue weighted by molar-refractivity contribution is 0.0697. The Balaban J connectivity index is 1.43. The fraction of sp³-hybridized carbons (Fsp3) is 0.318. The van der Waals surface area contributed by atoms with Gasteiger partial charge in [0.1, 0.15) is 4.21 Å². The minimum absolute atomic E-state index is 0.0734. The molecule has 1 amide bonds. The Kier molecular flexibility index (Phi) is 6.94. The van der Waals surface area contributed by atoms with Crippen LogP contribution in [0.25, 0.3) is 0 Å². The number of hydrogen-bond acceptors (Lipinski definition) is 7. The number of hydrogen-bond donors (Lipinski definition) is 0. The van der Waals surface area contributed by atoms with Crippen LogP contribution in [-0.2, 0) is 15.8 Å². The van der Waals surface area contributed by atoms with Crippen LogP contribution in [0.15, 0.2) is 57.2 Å². The SMILES string of the molecule is Cc1cc(C)nc(SCc2ccccc2C(=O)N2CCN(S(=O)(=O)c3cccs3)CC2)n1. The van der Waals surface area contributed by atoms with Crippen molar-refractivity contribution in [2.45, 2.75) is 29.0 Å². The number of rotatable bonds is 6. The number of piperazine rings is 1. The monoisotopic (exact) mass is 488 g/mol. The van der Waals surface area contributed by atoms with Crippen molar-refractivity contribution in [2.24, 2.45) is 0 Å². The minimum Gasteiger partial charge on any atom is -0.336 e. The maximum absolute atomic E-state index is 13.2. The third kappa shape index (κ3) is 5.03. The highest BCUT2D eigenvalue weighted by Crippen LogP contribution is 2.25. The summed E-state index contributed by atoms with van der Waals surface area (Å²) in [6.07, 6.45) is 0. The first-order valence-corrected chi connectivity index (χ1v) is 13.5. The molecule has 3 heterocycles. The number of aromatic nitrogens is 2. The average Bonchev–Trinajstić information content (AvgIpc) is 3.33. The van der Waals surface area contributed by atoms with Gasteiger partial charge in [0.15, 0.2) is 5.16 Å². The third-order valence-electron chi connectivity index (χ3n) is 5.18. The van der Waals surface area contributed by atoms with E-state index >= 15 is 0 Å². The van der Waals surface area contributed by atoms with Crippen LogP contribution in [0.1, 0.15) is 27.3 Å². The lowest BCUT2D eigenvalue weighted by atomic mass is 10.1. The first-order valence-electron chi connectivity index (χ1n) is 10.2. The lowest BCUT2D eigenvalue weighted by Gasteiger charge is -2.34. The van der Waals surface area contributed by atoms with E-state index in [-0.39, 0.29) is 5.91 Å². The summed E-state index contributed by atoms with van der Waals surface area (Å²) < 4.78 is 27.3. The molecule has 0 spiro atoms. The molecular weight excluding hydrogens is 464 g/mol. The van der Waals surface area contributed by atoms with Crippen LogP contribution in [0.5, 0.6) is 0 Å². The van der Waals surface area contributed by atoms with Crippen LogP contribution in [0.4, 0.5) is 0 Å². The number of thioether (sulfide) groups is 1. The molecule has 1 fully saturated rings. The minimum atomic E-state index is -3.49. The Morgan fingerprint density at radius 1 is 1.03 bits per heavy atom. The Morgan fingerprint density at radius 3 is 2.38 bits per heavy atom. The summed E-state index contributed by atoms with van der Waals surface area (Å²) in [6, 6.07) is 12.8. The van der Waals surface area contributed by atoms with Gasteiger partial charge in [-0.2, -0.15) is 4.31 Å². The van der Waals surface area contributed by atoms with Gasteiger partial charge >= 0.3 is 0 Å². The van der Waals surface area contributed by atoms with Crippen molar-refractivity contribution in [2.75, 3.05) is 26.2 Å². The molecule has 0 aliphatic carbocycles. The van der Waals surface area contributed by atoms with Gasteiger partial charge < -0.3 is 4.90 Å². The molecule has 3 aromatic rings. The van der Waals surface area contributed by atoms with E-state index in [4.69, 9.17) is 0 Å². The number of amides is 1. The summed E-state index contributed by atoms with van der Waals surface area (Å²) in [5.74, 6) is 0.507. The van der Waals surface area contributed by atoms with Crippen molar-refractivity contribution in [3.63, 3.8) is 0 Å². The average molecular weight is 489 g/mol. The number of benzene rings is 1. The van der Waals surface area contributed by atoms with Crippen LogP contribution in [0.3, 0.4) is 0 Å². The molecule has 32 heavy (non-hydrogen) atoms. The highest BCUT2D eigenvalue weighted by atomic mass is 32.2. The molecule has 10 heteroatoms. The molecule has 1 aromatic carbocycles. The summed E-state index contributed by atoms with van der Waals surface area (Å²) in [4.78, 5) is 23.9. The van der Waals surface area contributed by atoms with Crippen molar-refractivity contribution in [1.82, 2.24) is 19.2 Å². The summed E-state index contributed by atoms with van der Waals surface area (Å²) in [5, 5.41) is 2.45. The van der Waals surface area contributed by atoms with E-state index < -0.39 is 10.0 Å². The smallest absolute Gasteiger partial charge is 0.254 e. The fourth-order valence-corrected chi connectivity index (χ4v) is 7.11. The van der Waals surface area contributed by atoms with Crippen LogP contribution in [0, 0.1) is 13.8 Å². The van der Waals surface area contributed by atoms with E-state index in [1.807, 2.05) is 44.2 Å². The van der Waals surface area contributed by atoms with Gasteiger partial charge in [-0.15, -0.1) is 11.3 Å². The summed E-state index contributed by atoms with van der Waals surface area (Å²) in [5.41, 5.74) is 3.39. The van der Waals surface area contributed by atoms with Crippen molar-refractivity contribution < 1.29 is 13.2 Å². The molecule has 0 radical (unpaired) electrons. The second-order valence-electron chi connectivity index (χ2n) is 7.51. The Bertz CT molecular complexity index is 1180. The predicted octanol–water partition coefficient (Wildman–Crippen LogP) is 3.59. The van der Waals surface area contributed by atoms with E-state index in [2.05, 4.69) is 9.97 Å². The van der Waals surface area contributed by atoms with Gasteiger partial charge in [-0.1, -0.05) is 36.0 Å². The predicted molar refractivity (Wildman–Crippen MR) is 126 cm³/mol. The molecule has 0 N–H and O–H groups in total. The van der Waals surface area contributed by atoms with Crippen LogP contribution < -0.4 is 0 Å². The van der Waals surface area contributed by atoms with Crippen LogP contribution in [0.2, 0.25) is 0 Å². The molecule has 0 saturated carbocycles. The van der Waals surface area contributed by atoms with Crippen molar-refractivity contribution in [1.29, 1.82) is 0 Å². The van der Waals surface area contributed by atoms with Gasteiger partial charge in [0.25, 0.3) is 15.9 Å². The zero-order chi connectivity index (χ0) is 22.7. The summed E-state index contributed by atoms with van der Waals surface area (Å²) in [6.45, 7) is 5.19. The molecule has 0 atom stereocenters. The van der Waals surface area contributed by atoms with Gasteiger partial charge in [0.05, 0.1) is 0 Å². The number of carbonyl (C=O) groups is 1. The van der Waals surface area contributed by atoms with Crippen LogP contribution in [-0.4, -0.2) is 59.7 Å². The number of sulfonamides is 1. The zero-order valence-corrected chi connectivity index (χ0v) is 20.3. The van der Waals surface area contributed by atoms with Gasteiger partial charge in [-0.25, -0.2) is 18.4 Å². The summed E-state index contributed by atoms with van der Waals surface area (Å²) in [7, 11) is -3.49. The molecular formula is C22H24N4O3S3. The van der Waals surface area contributed by atoms with Gasteiger partial charge in [-0.05, 0) is 43.0 Å². The molecule has 2 aromatic heterocycles. The Hall–Kier alpha value is -2.27. The second-order valence-corrected chi connectivity index (χ2v) is 11.6. The molecule has 0 unspecified atom stereocenters. The molecule has 0 bridgehead atoms. The Morgan fingerprint density at radius 2 is 1.72 bits per heavy atom. The van der Waals surface area contributed by atoms with E-state index in [1.54, 1.807) is 22.4 Å². The van der Waals surface area contributed by atoms with Gasteiger partial charge in [-0.3, -0.25) is 4.79 Å². The maximum Gasteiger partial charge on any atom is 0.254 e. The Labute approximate surface area is 196 Å². The molecule has 1 saturated heterocycles. The van der Waals surface area contributed by atoms with Crippen molar-refractivity contribution in [3.05, 3.63) is 70.4 Å². The van der Waals surface area contributed by atoms with E-state index in [9.17, 15) is 13.2 Å². The van der Waals surface area contributed by atoms with E-state index in [0.29, 0.717) is 46.9 Å². The molecule has 1 aliphatic heterocycles. The largest absolute Gasteiger partial charge is 0.336 e. The second kappa shape index (κ2) is 9.70. The fourth-order valence-electron chi connectivity index (χ4n) is 3.59. The topological polar surface area (TPSA) is 83.5 Å². The molecule has 1 aliphatic rings. The van der Waals surface area contributed by atoms with Gasteiger partial charge in [0, 0.05) is 48.9 Å². The number of thiophene rings is 1. The van der Waals surface area contributed by atoms with Crippen LogP contribution >= 0.6 is 23.1 Å². The van der Waals surface area contributed by atoms with Crippen molar-refractivity contribution in [3.8, 4) is 0 Å². The quantitative estimate of drug-likeness (QED) is 0.389. The van der Waals surface area contributed by atoms with Crippen molar-refractivity contribution >= 4 is 39.0 Å². The summed E-state index contributed by atoms with van der Waals surface area (Å²) >= 11 is 2.71. The first kappa shape index (κ1) is 22.9. The van der Waals surface area contributed by atoms with Gasteiger partial charge in [0.2, 0.25) is 0 Å². The number of nitrogens with zero attached hydrogens (tertiary/aromatic N) is 4. The molecule has 7 nitrogen and oxygen atoms in total. The zero-order valence-electron chi connectivity index (χ0n) is 17.9. The first-order chi connectivity index (χ1) is 15.3.